The SMILES string of the molecule is CC[C@@H](Oc1c(F)ccc(OC)c1Cl)[C@H]1CCNC1. The Hall–Kier alpha value is -1.00. The normalized spacial score (nSPS) is 20.3. The van der Waals surface area contributed by atoms with Crippen molar-refractivity contribution in [3.8, 4) is 11.5 Å². The molecule has 0 amide bonds. The first-order valence-corrected chi connectivity index (χ1v) is 6.94. The predicted octanol–water partition coefficient (Wildman–Crippen LogP) is 3.25. The average Bonchev–Trinajstić information content (AvgIpc) is 2.93. The Kier molecular flexibility index (Phi) is 4.88. The summed E-state index contributed by atoms with van der Waals surface area (Å²) < 4.78 is 24.8. The number of nitrogens with one attached hydrogen (secondary N) is 1. The maximum Gasteiger partial charge on any atom is 0.177 e. The van der Waals surface area contributed by atoms with Gasteiger partial charge in [0.15, 0.2) is 11.6 Å². The van der Waals surface area contributed by atoms with Crippen molar-refractivity contribution in [2.45, 2.75) is 25.9 Å². The van der Waals surface area contributed by atoms with Gasteiger partial charge in [-0.2, -0.15) is 0 Å². The van der Waals surface area contributed by atoms with Gasteiger partial charge >= 0.3 is 0 Å². The first-order chi connectivity index (χ1) is 9.17. The van der Waals surface area contributed by atoms with Gasteiger partial charge in [-0.25, -0.2) is 4.39 Å². The van der Waals surface area contributed by atoms with Crippen LogP contribution in [0, 0.1) is 11.7 Å². The summed E-state index contributed by atoms with van der Waals surface area (Å²) >= 11 is 6.12. The molecule has 0 aliphatic carbocycles. The van der Waals surface area contributed by atoms with Crippen LogP contribution in [0.4, 0.5) is 4.39 Å². The van der Waals surface area contributed by atoms with Gasteiger partial charge in [0.2, 0.25) is 0 Å². The molecule has 5 heteroatoms. The summed E-state index contributed by atoms with van der Waals surface area (Å²) in [5.41, 5.74) is 0. The topological polar surface area (TPSA) is 30.5 Å². The highest BCUT2D eigenvalue weighted by atomic mass is 35.5. The minimum Gasteiger partial charge on any atom is -0.495 e. The summed E-state index contributed by atoms with van der Waals surface area (Å²) in [5.74, 6) is 0.471. The molecule has 2 rings (SSSR count). The molecule has 1 fully saturated rings. The zero-order chi connectivity index (χ0) is 13.8. The number of hydrogen-bond donors (Lipinski definition) is 1. The second-order valence-corrected chi connectivity index (χ2v) is 5.09. The predicted molar refractivity (Wildman–Crippen MR) is 73.6 cm³/mol. The molecular weight excluding hydrogens is 269 g/mol. The lowest BCUT2D eigenvalue weighted by Gasteiger charge is -2.24. The van der Waals surface area contributed by atoms with E-state index < -0.39 is 5.82 Å². The third kappa shape index (κ3) is 3.12. The fourth-order valence-corrected chi connectivity index (χ4v) is 2.71. The first kappa shape index (κ1) is 14.4. The Balaban J connectivity index is 2.20. The molecule has 1 N–H and O–H groups in total. The van der Waals surface area contributed by atoms with E-state index in [1.54, 1.807) is 0 Å². The van der Waals surface area contributed by atoms with Crippen molar-refractivity contribution >= 4 is 11.6 Å². The molecule has 2 atom stereocenters. The number of benzene rings is 1. The molecule has 0 radical (unpaired) electrons. The van der Waals surface area contributed by atoms with Gasteiger partial charge in [-0.05, 0) is 31.5 Å². The lowest BCUT2D eigenvalue weighted by molar-refractivity contribution is 0.132. The molecule has 1 aliphatic heterocycles. The molecular formula is C14H19ClFNO2. The Labute approximate surface area is 118 Å². The van der Waals surface area contributed by atoms with Crippen LogP contribution in [-0.4, -0.2) is 26.3 Å². The van der Waals surface area contributed by atoms with E-state index in [9.17, 15) is 4.39 Å². The largest absolute Gasteiger partial charge is 0.495 e. The van der Waals surface area contributed by atoms with Crippen LogP contribution in [0.3, 0.4) is 0 Å². The molecule has 0 spiro atoms. The smallest absolute Gasteiger partial charge is 0.177 e. The fourth-order valence-electron chi connectivity index (χ4n) is 2.44. The van der Waals surface area contributed by atoms with Crippen molar-refractivity contribution in [3.63, 3.8) is 0 Å². The highest BCUT2D eigenvalue weighted by Crippen LogP contribution is 2.37. The molecule has 1 heterocycles. The summed E-state index contributed by atoms with van der Waals surface area (Å²) in [6, 6.07) is 2.82. The molecule has 1 aromatic carbocycles. The monoisotopic (exact) mass is 287 g/mol. The molecule has 1 saturated heterocycles. The van der Waals surface area contributed by atoms with Crippen LogP contribution < -0.4 is 14.8 Å². The third-order valence-electron chi connectivity index (χ3n) is 3.53. The van der Waals surface area contributed by atoms with Gasteiger partial charge in [0, 0.05) is 12.5 Å². The Morgan fingerprint density at radius 2 is 2.32 bits per heavy atom. The summed E-state index contributed by atoms with van der Waals surface area (Å²) in [6.45, 7) is 3.93. The van der Waals surface area contributed by atoms with E-state index in [2.05, 4.69) is 5.32 Å². The van der Waals surface area contributed by atoms with Crippen LogP contribution in [-0.2, 0) is 0 Å². The zero-order valence-corrected chi connectivity index (χ0v) is 12.0. The summed E-state index contributed by atoms with van der Waals surface area (Å²) in [6.07, 6.45) is 1.83. The average molecular weight is 288 g/mol. The van der Waals surface area contributed by atoms with Gasteiger partial charge in [-0.3, -0.25) is 0 Å². The van der Waals surface area contributed by atoms with Gasteiger partial charge < -0.3 is 14.8 Å². The van der Waals surface area contributed by atoms with E-state index in [1.807, 2.05) is 6.92 Å². The molecule has 19 heavy (non-hydrogen) atoms. The lowest BCUT2D eigenvalue weighted by atomic mass is 9.99. The van der Waals surface area contributed by atoms with Crippen LogP contribution in [0.2, 0.25) is 5.02 Å². The molecule has 0 unspecified atom stereocenters. The van der Waals surface area contributed by atoms with E-state index in [1.165, 1.54) is 19.2 Å². The van der Waals surface area contributed by atoms with Crippen LogP contribution in [0.25, 0.3) is 0 Å². The van der Waals surface area contributed by atoms with Gasteiger partial charge in [0.1, 0.15) is 16.9 Å². The van der Waals surface area contributed by atoms with Crippen molar-refractivity contribution in [2.24, 2.45) is 5.92 Å². The van der Waals surface area contributed by atoms with E-state index in [0.717, 1.165) is 25.9 Å². The van der Waals surface area contributed by atoms with E-state index in [-0.39, 0.29) is 16.9 Å². The van der Waals surface area contributed by atoms with Crippen LogP contribution in [0.5, 0.6) is 11.5 Å². The molecule has 0 bridgehead atoms. The van der Waals surface area contributed by atoms with Gasteiger partial charge in [-0.15, -0.1) is 0 Å². The third-order valence-corrected chi connectivity index (χ3v) is 3.89. The molecule has 1 aromatic rings. The first-order valence-electron chi connectivity index (χ1n) is 6.56. The summed E-state index contributed by atoms with van der Waals surface area (Å²) in [7, 11) is 1.50. The standard InChI is InChI=1S/C14H19ClFNO2/c1-3-11(9-6-7-17-8-9)19-14-10(16)4-5-12(18-2)13(14)15/h4-5,9,11,17H,3,6-8H2,1-2H3/t9-,11+/m0/s1. The number of rotatable bonds is 5. The number of methoxy groups -OCH3 is 1. The number of halogens is 2. The van der Waals surface area contributed by atoms with E-state index in [4.69, 9.17) is 21.1 Å². The van der Waals surface area contributed by atoms with Crippen LogP contribution in [0.1, 0.15) is 19.8 Å². The molecule has 106 valence electrons. The van der Waals surface area contributed by atoms with Gasteiger partial charge in [-0.1, -0.05) is 18.5 Å². The summed E-state index contributed by atoms with van der Waals surface area (Å²) in [5, 5.41) is 3.49. The second kappa shape index (κ2) is 6.44. The van der Waals surface area contributed by atoms with Crippen molar-refractivity contribution in [1.29, 1.82) is 0 Å². The summed E-state index contributed by atoms with van der Waals surface area (Å²) in [4.78, 5) is 0. The van der Waals surface area contributed by atoms with E-state index >= 15 is 0 Å². The van der Waals surface area contributed by atoms with Crippen molar-refractivity contribution in [1.82, 2.24) is 5.32 Å². The van der Waals surface area contributed by atoms with Crippen molar-refractivity contribution < 1.29 is 13.9 Å². The fraction of sp³-hybridized carbons (Fsp3) is 0.571. The Bertz CT molecular complexity index is 436. The quantitative estimate of drug-likeness (QED) is 0.902. The van der Waals surface area contributed by atoms with Gasteiger partial charge in [0.25, 0.3) is 0 Å². The molecule has 1 aliphatic rings. The molecule has 0 aromatic heterocycles. The second-order valence-electron chi connectivity index (χ2n) is 4.71. The van der Waals surface area contributed by atoms with Crippen molar-refractivity contribution in [3.05, 3.63) is 23.0 Å². The number of hydrogen-bond acceptors (Lipinski definition) is 3. The molecule has 3 nitrogen and oxygen atoms in total. The highest BCUT2D eigenvalue weighted by molar-refractivity contribution is 6.33. The minimum absolute atomic E-state index is 0.0332. The maximum atomic E-state index is 13.9. The van der Waals surface area contributed by atoms with Crippen LogP contribution in [0.15, 0.2) is 12.1 Å². The lowest BCUT2D eigenvalue weighted by Crippen LogP contribution is -2.28. The van der Waals surface area contributed by atoms with Crippen molar-refractivity contribution in [2.75, 3.05) is 20.2 Å². The van der Waals surface area contributed by atoms with E-state index in [0.29, 0.717) is 11.7 Å². The molecule has 0 saturated carbocycles. The minimum atomic E-state index is -0.449. The number of ether oxygens (including phenoxy) is 2. The van der Waals surface area contributed by atoms with Gasteiger partial charge in [0.05, 0.1) is 7.11 Å². The highest BCUT2D eigenvalue weighted by Gasteiger charge is 2.27. The maximum absolute atomic E-state index is 13.9. The zero-order valence-electron chi connectivity index (χ0n) is 11.2. The van der Waals surface area contributed by atoms with Crippen LogP contribution >= 0.6 is 11.6 Å². The Morgan fingerprint density at radius 3 is 2.89 bits per heavy atom. The Morgan fingerprint density at radius 1 is 1.53 bits per heavy atom.